The second kappa shape index (κ2) is 4.46. The van der Waals surface area contributed by atoms with Crippen molar-refractivity contribution in [2.45, 2.75) is 6.55 Å². The molecule has 3 aromatic rings. The number of benzene rings is 3. The Balaban J connectivity index is 2.17. The molecule has 4 rings (SSSR count). The van der Waals surface area contributed by atoms with Crippen molar-refractivity contribution in [3.05, 3.63) is 72.8 Å². The van der Waals surface area contributed by atoms with Gasteiger partial charge in [-0.1, -0.05) is 79.3 Å². The lowest BCUT2D eigenvalue weighted by Crippen LogP contribution is -2.40. The second-order valence-corrected chi connectivity index (χ2v) is 7.59. The summed E-state index contributed by atoms with van der Waals surface area (Å²) in [6.07, 6.45) is 0. The highest BCUT2D eigenvalue weighted by molar-refractivity contribution is 6.86. The van der Waals surface area contributed by atoms with Crippen LogP contribution in [0.4, 0.5) is 0 Å². The fourth-order valence-electron chi connectivity index (χ4n) is 3.19. The smallest absolute Gasteiger partial charge is 0.0628 e. The molecule has 95 valence electrons. The van der Waals surface area contributed by atoms with Crippen LogP contribution in [0.3, 0.4) is 0 Å². The first-order valence-electron chi connectivity index (χ1n) is 6.98. The first-order valence-corrected chi connectivity index (χ1v) is 8.98. The first kappa shape index (κ1) is 11.7. The third-order valence-electron chi connectivity index (χ3n) is 4.17. The van der Waals surface area contributed by atoms with Crippen LogP contribution in [0.15, 0.2) is 72.8 Å². The van der Waals surface area contributed by atoms with E-state index in [2.05, 4.69) is 79.3 Å². The van der Waals surface area contributed by atoms with E-state index < -0.39 is 8.80 Å². The van der Waals surface area contributed by atoms with Crippen molar-refractivity contribution in [3.8, 4) is 22.3 Å². The summed E-state index contributed by atoms with van der Waals surface area (Å²) in [5.41, 5.74) is 5.57. The molecule has 1 heterocycles. The van der Waals surface area contributed by atoms with Crippen LogP contribution in [0.2, 0.25) is 6.55 Å². The van der Waals surface area contributed by atoms with E-state index in [9.17, 15) is 0 Å². The summed E-state index contributed by atoms with van der Waals surface area (Å²) < 4.78 is 0. The minimum atomic E-state index is -0.709. The molecule has 0 amide bonds. The summed E-state index contributed by atoms with van der Waals surface area (Å²) in [6, 6.07) is 26.6. The van der Waals surface area contributed by atoms with Crippen molar-refractivity contribution < 1.29 is 0 Å². The molecule has 0 aliphatic carbocycles. The lowest BCUT2D eigenvalue weighted by molar-refractivity contribution is 1.62. The SMILES string of the molecule is C[Si]1c2ccccc2-c2ccccc2-c2ccccc21. The van der Waals surface area contributed by atoms with Gasteiger partial charge in [-0.3, -0.25) is 0 Å². The van der Waals surface area contributed by atoms with Gasteiger partial charge < -0.3 is 0 Å². The van der Waals surface area contributed by atoms with Crippen molar-refractivity contribution in [2.24, 2.45) is 0 Å². The second-order valence-electron chi connectivity index (χ2n) is 5.26. The quantitative estimate of drug-likeness (QED) is 0.548. The Morgan fingerprint density at radius 3 is 1.30 bits per heavy atom. The average molecular weight is 271 g/mol. The molecule has 1 aliphatic rings. The summed E-state index contributed by atoms with van der Waals surface area (Å²) >= 11 is 0. The minimum Gasteiger partial charge on any atom is -0.0628 e. The van der Waals surface area contributed by atoms with E-state index in [1.807, 2.05) is 0 Å². The third-order valence-corrected chi connectivity index (χ3v) is 6.66. The van der Waals surface area contributed by atoms with Gasteiger partial charge in [0.25, 0.3) is 0 Å². The fourth-order valence-corrected chi connectivity index (χ4v) is 5.41. The van der Waals surface area contributed by atoms with Crippen LogP contribution < -0.4 is 10.4 Å². The highest BCUT2D eigenvalue weighted by atomic mass is 28.3. The van der Waals surface area contributed by atoms with Gasteiger partial charge in [-0.2, -0.15) is 0 Å². The molecule has 1 aliphatic heterocycles. The fraction of sp³-hybridized carbons (Fsp3) is 0.0526. The highest BCUT2D eigenvalue weighted by Crippen LogP contribution is 2.32. The van der Waals surface area contributed by atoms with Crippen LogP contribution in [-0.2, 0) is 0 Å². The Morgan fingerprint density at radius 2 is 0.850 bits per heavy atom. The van der Waals surface area contributed by atoms with E-state index in [1.54, 1.807) is 0 Å². The predicted octanol–water partition coefficient (Wildman–Crippen LogP) is 3.57. The molecular formula is C19H15Si. The van der Waals surface area contributed by atoms with Crippen LogP contribution in [-0.4, -0.2) is 8.80 Å². The molecule has 1 radical (unpaired) electrons. The maximum atomic E-state index is 2.41. The molecule has 0 bridgehead atoms. The summed E-state index contributed by atoms with van der Waals surface area (Å²) in [7, 11) is -0.709. The normalized spacial score (nSPS) is 13.1. The van der Waals surface area contributed by atoms with E-state index in [1.165, 1.54) is 32.6 Å². The molecule has 0 spiro atoms. The standard InChI is InChI=1S/C19H15Si/c1-20-18-12-6-4-10-16(18)14-8-2-3-9-15(14)17-11-5-7-13-19(17)20/h2-13H,1H3. The van der Waals surface area contributed by atoms with Gasteiger partial charge in [0.05, 0.1) is 0 Å². The van der Waals surface area contributed by atoms with Crippen LogP contribution in [0, 0.1) is 0 Å². The van der Waals surface area contributed by atoms with Crippen molar-refractivity contribution in [1.29, 1.82) is 0 Å². The summed E-state index contributed by atoms with van der Waals surface area (Å²) in [4.78, 5) is 0. The van der Waals surface area contributed by atoms with Gasteiger partial charge in [0.1, 0.15) is 8.80 Å². The summed E-state index contributed by atoms with van der Waals surface area (Å²) in [5.74, 6) is 0. The maximum absolute atomic E-state index is 2.41. The first-order chi connectivity index (χ1) is 9.86. The number of fused-ring (bicyclic) bond motifs is 5. The minimum absolute atomic E-state index is 0.709. The van der Waals surface area contributed by atoms with E-state index in [0.717, 1.165) is 0 Å². The van der Waals surface area contributed by atoms with Gasteiger partial charge in [0.15, 0.2) is 0 Å². The number of hydrogen-bond donors (Lipinski definition) is 0. The Bertz CT molecular complexity index is 723. The van der Waals surface area contributed by atoms with Crippen molar-refractivity contribution >= 4 is 19.2 Å². The highest BCUT2D eigenvalue weighted by Gasteiger charge is 2.24. The molecule has 0 saturated carbocycles. The van der Waals surface area contributed by atoms with E-state index in [4.69, 9.17) is 0 Å². The monoisotopic (exact) mass is 271 g/mol. The van der Waals surface area contributed by atoms with E-state index in [0.29, 0.717) is 0 Å². The summed E-state index contributed by atoms with van der Waals surface area (Å²) in [6.45, 7) is 2.41. The molecule has 0 nitrogen and oxygen atoms in total. The molecule has 3 aromatic carbocycles. The number of hydrogen-bond acceptors (Lipinski definition) is 0. The van der Waals surface area contributed by atoms with Crippen molar-refractivity contribution in [3.63, 3.8) is 0 Å². The lowest BCUT2D eigenvalue weighted by Gasteiger charge is -2.13. The van der Waals surface area contributed by atoms with Crippen LogP contribution >= 0.6 is 0 Å². The third kappa shape index (κ3) is 1.60. The predicted molar refractivity (Wildman–Crippen MR) is 88.2 cm³/mol. The van der Waals surface area contributed by atoms with Crippen LogP contribution in [0.1, 0.15) is 0 Å². The Morgan fingerprint density at radius 1 is 0.500 bits per heavy atom. The van der Waals surface area contributed by atoms with Gasteiger partial charge >= 0.3 is 0 Å². The van der Waals surface area contributed by atoms with Gasteiger partial charge in [-0.15, -0.1) is 0 Å². The van der Waals surface area contributed by atoms with Gasteiger partial charge in [-0.25, -0.2) is 0 Å². The zero-order valence-electron chi connectivity index (χ0n) is 11.4. The van der Waals surface area contributed by atoms with E-state index in [-0.39, 0.29) is 0 Å². The Kier molecular flexibility index (Phi) is 2.61. The van der Waals surface area contributed by atoms with Crippen molar-refractivity contribution in [1.82, 2.24) is 0 Å². The maximum Gasteiger partial charge on any atom is 0.119 e. The van der Waals surface area contributed by atoms with E-state index >= 15 is 0 Å². The van der Waals surface area contributed by atoms with Gasteiger partial charge in [-0.05, 0) is 32.6 Å². The molecule has 0 fully saturated rings. The summed E-state index contributed by atoms with van der Waals surface area (Å²) in [5, 5.41) is 3.05. The average Bonchev–Trinajstić information content (AvgIpc) is 2.64. The molecule has 0 saturated heterocycles. The topological polar surface area (TPSA) is 0 Å². The molecular weight excluding hydrogens is 256 g/mol. The largest absolute Gasteiger partial charge is 0.119 e. The molecule has 1 heteroatoms. The van der Waals surface area contributed by atoms with Gasteiger partial charge in [0.2, 0.25) is 0 Å². The van der Waals surface area contributed by atoms with Crippen LogP contribution in [0.5, 0.6) is 0 Å². The number of rotatable bonds is 0. The molecule has 20 heavy (non-hydrogen) atoms. The molecule has 0 atom stereocenters. The van der Waals surface area contributed by atoms with Crippen LogP contribution in [0.25, 0.3) is 22.3 Å². The van der Waals surface area contributed by atoms with Gasteiger partial charge in [0, 0.05) is 0 Å². The van der Waals surface area contributed by atoms with Crippen molar-refractivity contribution in [2.75, 3.05) is 0 Å². The molecule has 0 unspecified atom stereocenters. The Hall–Kier alpha value is -2.12. The zero-order chi connectivity index (χ0) is 13.5. The Labute approximate surface area is 121 Å². The molecule has 0 N–H and O–H groups in total. The zero-order valence-corrected chi connectivity index (χ0v) is 12.4. The lowest BCUT2D eigenvalue weighted by atomic mass is 9.95. The molecule has 0 aromatic heterocycles.